The molecule has 0 spiro atoms. The first-order valence-electron chi connectivity index (χ1n) is 9.49. The highest BCUT2D eigenvalue weighted by molar-refractivity contribution is 8.00. The van der Waals surface area contributed by atoms with Crippen LogP contribution in [0.3, 0.4) is 0 Å². The Hall–Kier alpha value is -2.29. The third-order valence-electron chi connectivity index (χ3n) is 4.50. The van der Waals surface area contributed by atoms with E-state index < -0.39 is 0 Å². The molecule has 2 aromatic carbocycles. The van der Waals surface area contributed by atoms with E-state index in [1.165, 1.54) is 23.3 Å². The van der Waals surface area contributed by atoms with Gasteiger partial charge in [0, 0.05) is 37.4 Å². The Morgan fingerprint density at radius 2 is 2.03 bits per heavy atom. The van der Waals surface area contributed by atoms with Crippen molar-refractivity contribution in [1.29, 1.82) is 0 Å². The van der Waals surface area contributed by atoms with E-state index in [-0.39, 0.29) is 5.82 Å². The Labute approximate surface area is 179 Å². The topological polar surface area (TPSA) is 52.2 Å². The van der Waals surface area contributed by atoms with Gasteiger partial charge in [-0.3, -0.25) is 0 Å². The molecule has 1 aromatic heterocycles. The predicted molar refractivity (Wildman–Crippen MR) is 124 cm³/mol. The lowest BCUT2D eigenvalue weighted by molar-refractivity contribution is 0.602. The molecule has 0 saturated heterocycles. The van der Waals surface area contributed by atoms with Gasteiger partial charge < -0.3 is 20.3 Å². The summed E-state index contributed by atoms with van der Waals surface area (Å²) in [6.45, 7) is 3.84. The average molecular weight is 432 g/mol. The number of halogens is 1. The van der Waals surface area contributed by atoms with Crippen LogP contribution in [0, 0.1) is 5.82 Å². The number of likely N-dealkylation sites (N-methyl/N-ethyl adjacent to an activating group) is 2. The van der Waals surface area contributed by atoms with Crippen molar-refractivity contribution in [3.05, 3.63) is 59.4 Å². The zero-order chi connectivity index (χ0) is 20.6. The fraction of sp³-hybridized carbons (Fsp3) is 0.286. The van der Waals surface area contributed by atoms with Gasteiger partial charge in [-0.2, -0.15) is 0 Å². The molecule has 3 N–H and O–H groups in total. The van der Waals surface area contributed by atoms with E-state index in [2.05, 4.69) is 45.3 Å². The SMILES string of the molecule is CCc1cc(SNc2nccs2)c(F)cc1Nc1ccccc1N(C)CCNC. The fourth-order valence-corrected chi connectivity index (χ4v) is 4.21. The van der Waals surface area contributed by atoms with E-state index in [1.807, 2.05) is 36.7 Å². The van der Waals surface area contributed by atoms with Gasteiger partial charge in [0.15, 0.2) is 5.13 Å². The van der Waals surface area contributed by atoms with Gasteiger partial charge in [-0.25, -0.2) is 9.37 Å². The summed E-state index contributed by atoms with van der Waals surface area (Å²) in [5, 5.41) is 9.25. The highest BCUT2D eigenvalue weighted by Gasteiger charge is 2.13. The van der Waals surface area contributed by atoms with Crippen molar-refractivity contribution in [3.63, 3.8) is 0 Å². The molecule has 3 aromatic rings. The average Bonchev–Trinajstić information content (AvgIpc) is 3.25. The molecular formula is C21H26FN5S2. The zero-order valence-corrected chi connectivity index (χ0v) is 18.5. The maximum Gasteiger partial charge on any atom is 0.192 e. The van der Waals surface area contributed by atoms with Gasteiger partial charge in [-0.1, -0.05) is 19.1 Å². The number of benzene rings is 2. The van der Waals surface area contributed by atoms with E-state index in [9.17, 15) is 4.39 Å². The molecule has 0 radical (unpaired) electrons. The molecule has 0 bridgehead atoms. The fourth-order valence-electron chi connectivity index (χ4n) is 2.91. The van der Waals surface area contributed by atoms with Crippen molar-refractivity contribution in [3.8, 4) is 0 Å². The summed E-state index contributed by atoms with van der Waals surface area (Å²) in [5.74, 6) is -0.264. The number of hydrogen-bond donors (Lipinski definition) is 3. The minimum atomic E-state index is -0.264. The van der Waals surface area contributed by atoms with Crippen LogP contribution in [0.25, 0.3) is 0 Å². The molecule has 0 aliphatic heterocycles. The molecule has 0 fully saturated rings. The third kappa shape index (κ3) is 5.62. The monoisotopic (exact) mass is 431 g/mol. The van der Waals surface area contributed by atoms with Gasteiger partial charge in [0.1, 0.15) is 5.82 Å². The highest BCUT2D eigenvalue weighted by Crippen LogP contribution is 2.34. The van der Waals surface area contributed by atoms with E-state index in [0.717, 1.165) is 47.3 Å². The lowest BCUT2D eigenvalue weighted by atomic mass is 10.1. The van der Waals surface area contributed by atoms with E-state index in [0.29, 0.717) is 4.90 Å². The molecule has 0 saturated carbocycles. The van der Waals surface area contributed by atoms with Crippen LogP contribution in [0.2, 0.25) is 0 Å². The Bertz CT molecular complexity index is 917. The van der Waals surface area contributed by atoms with Crippen molar-refractivity contribution < 1.29 is 4.39 Å². The van der Waals surface area contributed by atoms with Gasteiger partial charge in [-0.15, -0.1) is 11.3 Å². The normalized spacial score (nSPS) is 10.8. The first-order valence-corrected chi connectivity index (χ1v) is 11.2. The van der Waals surface area contributed by atoms with Crippen LogP contribution in [0.15, 0.2) is 52.9 Å². The Morgan fingerprint density at radius 3 is 2.76 bits per heavy atom. The summed E-state index contributed by atoms with van der Waals surface area (Å²) in [6, 6.07) is 11.6. The van der Waals surface area contributed by atoms with Crippen LogP contribution in [0.1, 0.15) is 12.5 Å². The molecule has 0 amide bonds. The van der Waals surface area contributed by atoms with Crippen molar-refractivity contribution in [2.45, 2.75) is 18.2 Å². The number of hydrogen-bond acceptors (Lipinski definition) is 7. The molecular weight excluding hydrogens is 405 g/mol. The quantitative estimate of drug-likeness (QED) is 0.376. The third-order valence-corrected chi connectivity index (χ3v) is 6.15. The largest absolute Gasteiger partial charge is 0.372 e. The maximum atomic E-state index is 14.8. The van der Waals surface area contributed by atoms with Crippen LogP contribution in [0.5, 0.6) is 0 Å². The van der Waals surface area contributed by atoms with Crippen molar-refractivity contribution in [2.24, 2.45) is 0 Å². The molecule has 0 aliphatic carbocycles. The Morgan fingerprint density at radius 1 is 1.21 bits per heavy atom. The standard InChI is InChI=1S/C21H26FN5S2/c1-4-15-13-20(29-26-21-24-10-12-28-21)16(22)14-18(15)25-17-7-5-6-8-19(17)27(3)11-9-23-2/h5-8,10,12-14,23,25H,4,9,11H2,1-3H3,(H,24,26). The summed E-state index contributed by atoms with van der Waals surface area (Å²) in [7, 11) is 4.00. The number of nitrogens with zero attached hydrogens (tertiary/aromatic N) is 2. The van der Waals surface area contributed by atoms with Gasteiger partial charge in [-0.05, 0) is 55.2 Å². The van der Waals surface area contributed by atoms with Crippen LogP contribution >= 0.6 is 23.3 Å². The summed E-state index contributed by atoms with van der Waals surface area (Å²) in [6.07, 6.45) is 2.52. The lowest BCUT2D eigenvalue weighted by Gasteiger charge is -2.23. The number of rotatable bonds is 10. The molecule has 8 heteroatoms. The van der Waals surface area contributed by atoms with Gasteiger partial charge >= 0.3 is 0 Å². The first-order chi connectivity index (χ1) is 14.1. The van der Waals surface area contributed by atoms with Crippen molar-refractivity contribution >= 4 is 45.5 Å². The van der Waals surface area contributed by atoms with Crippen LogP contribution in [-0.2, 0) is 6.42 Å². The second-order valence-corrected chi connectivity index (χ2v) is 8.24. The van der Waals surface area contributed by atoms with Gasteiger partial charge in [0.2, 0.25) is 0 Å². The van der Waals surface area contributed by atoms with Gasteiger partial charge in [0.25, 0.3) is 0 Å². The van der Waals surface area contributed by atoms with Crippen LogP contribution in [-0.4, -0.2) is 32.2 Å². The van der Waals surface area contributed by atoms with Crippen LogP contribution < -0.4 is 20.3 Å². The number of para-hydroxylation sites is 2. The predicted octanol–water partition coefficient (Wildman–Crippen LogP) is 5.36. The highest BCUT2D eigenvalue weighted by atomic mass is 32.2. The minimum absolute atomic E-state index is 0.264. The number of aryl methyl sites for hydroxylation is 1. The van der Waals surface area contributed by atoms with E-state index in [1.54, 1.807) is 12.3 Å². The summed E-state index contributed by atoms with van der Waals surface area (Å²) >= 11 is 2.73. The summed E-state index contributed by atoms with van der Waals surface area (Å²) < 4.78 is 17.9. The van der Waals surface area contributed by atoms with Crippen LogP contribution in [0.4, 0.5) is 26.6 Å². The smallest absolute Gasteiger partial charge is 0.192 e. The summed E-state index contributed by atoms with van der Waals surface area (Å²) in [4.78, 5) is 6.91. The number of aromatic nitrogens is 1. The Kier molecular flexibility index (Phi) is 7.74. The Balaban J connectivity index is 1.81. The van der Waals surface area contributed by atoms with E-state index >= 15 is 0 Å². The number of nitrogens with one attached hydrogen (secondary N) is 3. The molecule has 29 heavy (non-hydrogen) atoms. The molecule has 0 aliphatic rings. The summed E-state index contributed by atoms with van der Waals surface area (Å²) in [5.41, 5.74) is 3.89. The lowest BCUT2D eigenvalue weighted by Crippen LogP contribution is -2.27. The molecule has 0 atom stereocenters. The van der Waals surface area contributed by atoms with Gasteiger partial charge in [0.05, 0.1) is 16.3 Å². The number of anilines is 4. The second-order valence-electron chi connectivity index (χ2n) is 6.50. The first kappa shape index (κ1) is 21.4. The zero-order valence-electron chi connectivity index (χ0n) is 16.8. The molecule has 0 unspecified atom stereocenters. The molecule has 154 valence electrons. The molecule has 1 heterocycles. The van der Waals surface area contributed by atoms with Crippen molar-refractivity contribution in [1.82, 2.24) is 10.3 Å². The minimum Gasteiger partial charge on any atom is -0.372 e. The second kappa shape index (κ2) is 10.5. The number of thiazole rings is 1. The van der Waals surface area contributed by atoms with Crippen molar-refractivity contribution in [2.75, 3.05) is 42.1 Å². The molecule has 5 nitrogen and oxygen atoms in total. The molecule has 3 rings (SSSR count). The maximum absolute atomic E-state index is 14.8. The van der Waals surface area contributed by atoms with E-state index in [4.69, 9.17) is 0 Å².